The number of amides is 2. The van der Waals surface area contributed by atoms with E-state index in [9.17, 15) is 18.0 Å². The van der Waals surface area contributed by atoms with Crippen molar-refractivity contribution in [2.45, 2.75) is 44.7 Å². The van der Waals surface area contributed by atoms with Crippen LogP contribution in [0.3, 0.4) is 0 Å². The summed E-state index contributed by atoms with van der Waals surface area (Å²) in [6.07, 6.45) is 0.271. The number of aryl methyl sites for hydroxylation is 2. The Hall–Kier alpha value is -3.95. The summed E-state index contributed by atoms with van der Waals surface area (Å²) in [5.41, 5.74) is 4.00. The fraction of sp³-hybridized carbons (Fsp3) is 0.235. The maximum absolute atomic E-state index is 14.4. The van der Waals surface area contributed by atoms with Gasteiger partial charge in [-0.1, -0.05) is 93.8 Å². The molecule has 0 spiro atoms. The van der Waals surface area contributed by atoms with E-state index in [0.717, 1.165) is 31.0 Å². The molecule has 0 aliphatic heterocycles. The average molecular weight is 663 g/mol. The molecule has 1 unspecified atom stereocenters. The first-order valence-corrected chi connectivity index (χ1v) is 16.3. The average Bonchev–Trinajstić information content (AvgIpc) is 2.99. The van der Waals surface area contributed by atoms with Crippen LogP contribution < -0.4 is 9.62 Å². The van der Waals surface area contributed by atoms with Crippen molar-refractivity contribution in [3.05, 3.63) is 130 Å². The third-order valence-corrected chi connectivity index (χ3v) is 9.38. The van der Waals surface area contributed by atoms with Crippen LogP contribution in [0.5, 0.6) is 0 Å². The molecule has 4 aromatic carbocycles. The Balaban J connectivity index is 1.79. The van der Waals surface area contributed by atoms with Crippen LogP contribution in [0.2, 0.25) is 0 Å². The van der Waals surface area contributed by atoms with Gasteiger partial charge in [0.15, 0.2) is 0 Å². The molecule has 224 valence electrons. The molecular formula is C34H36BrN3O4S. The third kappa shape index (κ3) is 8.33. The van der Waals surface area contributed by atoms with Gasteiger partial charge in [-0.05, 0) is 68.3 Å². The third-order valence-electron chi connectivity index (χ3n) is 7.06. The fourth-order valence-corrected chi connectivity index (χ4v) is 6.51. The second kappa shape index (κ2) is 14.5. The highest BCUT2D eigenvalue weighted by atomic mass is 79.9. The van der Waals surface area contributed by atoms with Crippen molar-refractivity contribution in [2.75, 3.05) is 17.4 Å². The molecule has 0 heterocycles. The molecule has 0 aromatic heterocycles. The first-order valence-electron chi connectivity index (χ1n) is 14.1. The van der Waals surface area contributed by atoms with Crippen LogP contribution in [0.15, 0.2) is 112 Å². The molecule has 0 bridgehead atoms. The van der Waals surface area contributed by atoms with E-state index >= 15 is 0 Å². The van der Waals surface area contributed by atoms with Gasteiger partial charge in [0.1, 0.15) is 12.6 Å². The molecule has 4 rings (SSSR count). The Morgan fingerprint density at radius 2 is 1.47 bits per heavy atom. The van der Waals surface area contributed by atoms with Gasteiger partial charge in [0.05, 0.1) is 10.6 Å². The fourth-order valence-electron chi connectivity index (χ4n) is 4.83. The van der Waals surface area contributed by atoms with E-state index in [1.54, 1.807) is 48.5 Å². The van der Waals surface area contributed by atoms with Crippen LogP contribution in [0, 0.1) is 13.8 Å². The number of hydrogen-bond donors (Lipinski definition) is 1. The highest BCUT2D eigenvalue weighted by Gasteiger charge is 2.34. The van der Waals surface area contributed by atoms with Gasteiger partial charge >= 0.3 is 0 Å². The van der Waals surface area contributed by atoms with Crippen LogP contribution in [0.25, 0.3) is 0 Å². The quantitative estimate of drug-likeness (QED) is 0.201. The minimum Gasteiger partial charge on any atom is -0.355 e. The van der Waals surface area contributed by atoms with E-state index in [0.29, 0.717) is 12.2 Å². The van der Waals surface area contributed by atoms with Gasteiger partial charge < -0.3 is 10.2 Å². The van der Waals surface area contributed by atoms with E-state index in [2.05, 4.69) is 21.2 Å². The molecular weight excluding hydrogens is 626 g/mol. The van der Waals surface area contributed by atoms with E-state index < -0.39 is 28.5 Å². The van der Waals surface area contributed by atoms with Crippen LogP contribution in [-0.2, 0) is 32.6 Å². The Morgan fingerprint density at radius 3 is 2.09 bits per heavy atom. The highest BCUT2D eigenvalue weighted by molar-refractivity contribution is 9.10. The Labute approximate surface area is 262 Å². The number of nitrogens with zero attached hydrogens (tertiary/aromatic N) is 2. The maximum Gasteiger partial charge on any atom is 0.264 e. The van der Waals surface area contributed by atoms with Gasteiger partial charge in [-0.2, -0.15) is 0 Å². The number of sulfonamides is 1. The van der Waals surface area contributed by atoms with Gasteiger partial charge in [0.25, 0.3) is 10.0 Å². The number of nitrogens with one attached hydrogen (secondary N) is 1. The van der Waals surface area contributed by atoms with E-state index in [1.165, 1.54) is 4.90 Å². The van der Waals surface area contributed by atoms with Gasteiger partial charge in [-0.25, -0.2) is 8.42 Å². The van der Waals surface area contributed by atoms with Gasteiger partial charge in [0.2, 0.25) is 11.8 Å². The summed E-state index contributed by atoms with van der Waals surface area (Å²) < 4.78 is 30.0. The number of hydrogen-bond acceptors (Lipinski definition) is 4. The lowest BCUT2D eigenvalue weighted by Crippen LogP contribution is -2.53. The molecule has 0 saturated carbocycles. The molecule has 9 heteroatoms. The number of benzene rings is 4. The largest absolute Gasteiger partial charge is 0.355 e. The lowest BCUT2D eigenvalue weighted by atomic mass is 10.0. The Morgan fingerprint density at radius 1 is 0.814 bits per heavy atom. The van der Waals surface area contributed by atoms with Crippen LogP contribution in [0.1, 0.15) is 29.2 Å². The molecule has 0 aliphatic rings. The molecule has 1 N–H and O–H groups in total. The second-order valence-electron chi connectivity index (χ2n) is 10.4. The summed E-state index contributed by atoms with van der Waals surface area (Å²) >= 11 is 3.41. The summed E-state index contributed by atoms with van der Waals surface area (Å²) in [7, 11) is -4.14. The van der Waals surface area contributed by atoms with Crippen molar-refractivity contribution in [1.29, 1.82) is 0 Å². The van der Waals surface area contributed by atoms with Crippen molar-refractivity contribution in [3.8, 4) is 0 Å². The van der Waals surface area contributed by atoms with Gasteiger partial charge in [0, 0.05) is 24.0 Å². The molecule has 0 radical (unpaired) electrons. The summed E-state index contributed by atoms with van der Waals surface area (Å²) in [6, 6.07) is 29.7. The Kier molecular flexibility index (Phi) is 10.8. The molecule has 0 saturated heterocycles. The predicted molar refractivity (Wildman–Crippen MR) is 174 cm³/mol. The number of halogens is 1. The van der Waals surface area contributed by atoms with Crippen molar-refractivity contribution in [1.82, 2.24) is 10.2 Å². The zero-order valence-corrected chi connectivity index (χ0v) is 26.9. The SMILES string of the molecule is CCNC(=O)C(Cc1ccccc1)N(Cc1cccc(C)c1)C(=O)CN(c1ccc(Br)cc1)S(=O)(=O)c1ccc(C)cc1. The van der Waals surface area contributed by atoms with Crippen LogP contribution in [0.4, 0.5) is 5.69 Å². The number of likely N-dealkylation sites (N-methyl/N-ethyl adjacent to an activating group) is 1. The summed E-state index contributed by atoms with van der Waals surface area (Å²) in [5, 5.41) is 2.88. The van der Waals surface area contributed by atoms with Crippen molar-refractivity contribution in [2.24, 2.45) is 0 Å². The number of rotatable bonds is 12. The molecule has 2 amide bonds. The van der Waals surface area contributed by atoms with E-state index in [-0.39, 0.29) is 23.8 Å². The van der Waals surface area contributed by atoms with Crippen LogP contribution >= 0.6 is 15.9 Å². The lowest BCUT2D eigenvalue weighted by molar-refractivity contribution is -0.140. The predicted octanol–water partition coefficient (Wildman–Crippen LogP) is 6.04. The van der Waals surface area contributed by atoms with Crippen molar-refractivity contribution >= 4 is 43.5 Å². The minimum atomic E-state index is -4.14. The molecule has 4 aromatic rings. The molecule has 7 nitrogen and oxygen atoms in total. The Bertz CT molecular complexity index is 1640. The van der Waals surface area contributed by atoms with Gasteiger partial charge in [-0.15, -0.1) is 0 Å². The monoisotopic (exact) mass is 661 g/mol. The smallest absolute Gasteiger partial charge is 0.264 e. The van der Waals surface area contributed by atoms with Crippen molar-refractivity contribution < 1.29 is 18.0 Å². The molecule has 0 aliphatic carbocycles. The number of carbonyl (C=O) groups is 2. The number of carbonyl (C=O) groups excluding carboxylic acids is 2. The second-order valence-corrected chi connectivity index (χ2v) is 13.2. The minimum absolute atomic E-state index is 0.0728. The summed E-state index contributed by atoms with van der Waals surface area (Å²) in [5.74, 6) is -0.795. The van der Waals surface area contributed by atoms with E-state index in [1.807, 2.05) is 75.4 Å². The zero-order valence-electron chi connectivity index (χ0n) is 24.5. The summed E-state index contributed by atoms with van der Waals surface area (Å²) in [6.45, 7) is 5.70. The normalized spacial score (nSPS) is 11.9. The summed E-state index contributed by atoms with van der Waals surface area (Å²) in [4.78, 5) is 29.5. The molecule has 0 fully saturated rings. The molecule has 1 atom stereocenters. The highest BCUT2D eigenvalue weighted by Crippen LogP contribution is 2.27. The maximum atomic E-state index is 14.4. The molecule has 43 heavy (non-hydrogen) atoms. The zero-order chi connectivity index (χ0) is 31.0. The first-order chi connectivity index (χ1) is 20.6. The first kappa shape index (κ1) is 32.0. The van der Waals surface area contributed by atoms with Crippen LogP contribution in [-0.4, -0.2) is 44.3 Å². The van der Waals surface area contributed by atoms with E-state index in [4.69, 9.17) is 0 Å². The lowest BCUT2D eigenvalue weighted by Gasteiger charge is -2.34. The standard InChI is InChI=1S/C34H36BrN3O4S/c1-4-36-34(40)32(22-27-10-6-5-7-11-27)37(23-28-12-8-9-26(3)21-28)33(39)24-38(30-17-15-29(35)16-18-30)43(41,42)31-19-13-25(2)14-20-31/h5-21,32H,4,22-24H2,1-3H3,(H,36,40). The van der Waals surface area contributed by atoms with Crippen molar-refractivity contribution in [3.63, 3.8) is 0 Å². The number of anilines is 1. The topological polar surface area (TPSA) is 86.8 Å². The van der Waals surface area contributed by atoms with Gasteiger partial charge in [-0.3, -0.25) is 13.9 Å².